The molecule has 2 N–H and O–H groups in total. The van der Waals surface area contributed by atoms with Crippen LogP contribution in [-0.2, 0) is 16.8 Å². The molecule has 1 aromatic rings. The van der Waals surface area contributed by atoms with Crippen LogP contribution in [0.5, 0.6) is 0 Å². The van der Waals surface area contributed by atoms with Crippen molar-refractivity contribution >= 4 is 5.82 Å². The molecule has 20 heavy (non-hydrogen) atoms. The van der Waals surface area contributed by atoms with E-state index in [4.69, 9.17) is 15.5 Å². The van der Waals surface area contributed by atoms with Crippen molar-refractivity contribution in [1.82, 2.24) is 9.97 Å². The van der Waals surface area contributed by atoms with Gasteiger partial charge in [-0.2, -0.15) is 0 Å². The molecular weight excluding hydrogens is 250 g/mol. The Bertz CT molecular complexity index is 471. The molecule has 4 nitrogen and oxygen atoms in total. The summed E-state index contributed by atoms with van der Waals surface area (Å²) in [7, 11) is 0. The van der Waals surface area contributed by atoms with Gasteiger partial charge in [-0.15, -0.1) is 0 Å². The van der Waals surface area contributed by atoms with Crippen molar-refractivity contribution < 1.29 is 4.74 Å². The minimum absolute atomic E-state index is 0.335. The predicted molar refractivity (Wildman–Crippen MR) is 81.5 cm³/mol. The van der Waals surface area contributed by atoms with Gasteiger partial charge in [-0.3, -0.25) is 0 Å². The highest BCUT2D eigenvalue weighted by molar-refractivity contribution is 5.41. The molecular formula is C16H27N3O. The Kier molecular flexibility index (Phi) is 4.63. The first-order valence-electron chi connectivity index (χ1n) is 7.79. The molecule has 112 valence electrons. The zero-order valence-electron chi connectivity index (χ0n) is 13.2. The normalized spacial score (nSPS) is 26.7. The van der Waals surface area contributed by atoms with Gasteiger partial charge in [-0.1, -0.05) is 20.3 Å². The summed E-state index contributed by atoms with van der Waals surface area (Å²) in [5.41, 5.74) is 7.80. The summed E-state index contributed by atoms with van der Waals surface area (Å²) in [5, 5.41) is 0. The predicted octanol–water partition coefficient (Wildman–Crippen LogP) is 3.37. The summed E-state index contributed by atoms with van der Waals surface area (Å²) in [6, 6.07) is 0. The van der Waals surface area contributed by atoms with Gasteiger partial charge in [0.25, 0.3) is 0 Å². The maximum absolute atomic E-state index is 6.14. The Morgan fingerprint density at radius 1 is 1.35 bits per heavy atom. The first kappa shape index (κ1) is 15.2. The largest absolute Gasteiger partial charge is 0.383 e. The third-order valence-electron chi connectivity index (χ3n) is 4.40. The van der Waals surface area contributed by atoms with E-state index >= 15 is 0 Å². The van der Waals surface area contributed by atoms with Crippen LogP contribution in [0.4, 0.5) is 5.82 Å². The lowest BCUT2D eigenvalue weighted by atomic mass is 9.78. The number of hydrogen-bond acceptors (Lipinski definition) is 4. The molecule has 1 aliphatic rings. The van der Waals surface area contributed by atoms with Crippen LogP contribution in [0.3, 0.4) is 0 Å². The molecule has 2 rings (SSSR count). The van der Waals surface area contributed by atoms with Crippen molar-refractivity contribution in [1.29, 1.82) is 0 Å². The van der Waals surface area contributed by atoms with E-state index < -0.39 is 0 Å². The SMILES string of the molecule is CCOC1(c2nc(N)c(C)c(CC)n2)CCCC(C)C1. The van der Waals surface area contributed by atoms with Crippen molar-refractivity contribution in [2.45, 2.75) is 65.4 Å². The Balaban J connectivity index is 2.46. The summed E-state index contributed by atoms with van der Waals surface area (Å²) in [6.07, 6.45) is 5.29. The second-order valence-corrected chi connectivity index (χ2v) is 5.99. The van der Waals surface area contributed by atoms with Crippen LogP contribution in [0, 0.1) is 12.8 Å². The number of anilines is 1. The number of ether oxygens (including phenoxy) is 1. The number of aromatic nitrogens is 2. The van der Waals surface area contributed by atoms with Crippen molar-refractivity contribution in [2.75, 3.05) is 12.3 Å². The first-order chi connectivity index (χ1) is 9.52. The van der Waals surface area contributed by atoms with Crippen LogP contribution in [-0.4, -0.2) is 16.6 Å². The molecule has 1 fully saturated rings. The van der Waals surface area contributed by atoms with Crippen molar-refractivity contribution in [3.8, 4) is 0 Å². The Labute approximate surface area is 122 Å². The topological polar surface area (TPSA) is 61.0 Å². The third-order valence-corrected chi connectivity index (χ3v) is 4.40. The number of rotatable bonds is 4. The standard InChI is InChI=1S/C16H27N3O/c1-5-13-12(4)14(17)19-15(18-13)16(20-6-2)9-7-8-11(3)10-16/h11H,5-10H2,1-4H3,(H2,17,18,19). The lowest BCUT2D eigenvalue weighted by Crippen LogP contribution is -2.37. The van der Waals surface area contributed by atoms with Crippen LogP contribution in [0.15, 0.2) is 0 Å². The summed E-state index contributed by atoms with van der Waals surface area (Å²) in [5.74, 6) is 2.04. The molecule has 0 aliphatic heterocycles. The van der Waals surface area contributed by atoms with Gasteiger partial charge in [-0.25, -0.2) is 9.97 Å². The van der Waals surface area contributed by atoms with Crippen molar-refractivity contribution in [3.05, 3.63) is 17.1 Å². The Hall–Kier alpha value is -1.16. The van der Waals surface area contributed by atoms with E-state index in [9.17, 15) is 0 Å². The molecule has 1 aliphatic carbocycles. The second-order valence-electron chi connectivity index (χ2n) is 5.99. The van der Waals surface area contributed by atoms with Gasteiger partial charge in [0.05, 0.1) is 0 Å². The minimum atomic E-state index is -0.335. The van der Waals surface area contributed by atoms with E-state index in [2.05, 4.69) is 18.8 Å². The molecule has 1 heterocycles. The lowest BCUT2D eigenvalue weighted by molar-refractivity contribution is -0.0881. The quantitative estimate of drug-likeness (QED) is 0.916. The molecule has 1 saturated carbocycles. The van der Waals surface area contributed by atoms with Crippen molar-refractivity contribution in [3.63, 3.8) is 0 Å². The van der Waals surface area contributed by atoms with E-state index in [1.807, 2.05) is 13.8 Å². The summed E-state index contributed by atoms with van der Waals surface area (Å²) in [6.45, 7) is 9.11. The molecule has 4 heteroatoms. The molecule has 2 atom stereocenters. The monoisotopic (exact) mass is 277 g/mol. The van der Waals surface area contributed by atoms with Crippen LogP contribution >= 0.6 is 0 Å². The maximum Gasteiger partial charge on any atom is 0.162 e. The number of nitrogens with zero attached hydrogens (tertiary/aromatic N) is 2. The van der Waals surface area contributed by atoms with E-state index in [0.29, 0.717) is 18.3 Å². The van der Waals surface area contributed by atoms with Gasteiger partial charge in [0, 0.05) is 17.9 Å². The Morgan fingerprint density at radius 2 is 2.10 bits per heavy atom. The van der Waals surface area contributed by atoms with Gasteiger partial charge in [0.2, 0.25) is 0 Å². The third kappa shape index (κ3) is 2.80. The van der Waals surface area contributed by atoms with Crippen LogP contribution < -0.4 is 5.73 Å². The molecule has 2 unspecified atom stereocenters. The zero-order valence-corrected chi connectivity index (χ0v) is 13.2. The van der Waals surface area contributed by atoms with Crippen LogP contribution in [0.2, 0.25) is 0 Å². The molecule has 0 spiro atoms. The number of nitrogen functional groups attached to an aromatic ring is 1. The fourth-order valence-electron chi connectivity index (χ4n) is 3.31. The first-order valence-corrected chi connectivity index (χ1v) is 7.79. The molecule has 0 aromatic carbocycles. The summed E-state index contributed by atoms with van der Waals surface area (Å²) in [4.78, 5) is 9.36. The van der Waals surface area contributed by atoms with E-state index in [-0.39, 0.29) is 5.60 Å². The smallest absolute Gasteiger partial charge is 0.162 e. The number of hydrogen-bond donors (Lipinski definition) is 1. The van der Waals surface area contributed by atoms with E-state index in [1.54, 1.807) is 0 Å². The van der Waals surface area contributed by atoms with Gasteiger partial charge in [0.15, 0.2) is 5.82 Å². The molecule has 0 amide bonds. The van der Waals surface area contributed by atoms with E-state index in [0.717, 1.165) is 36.3 Å². The highest BCUT2D eigenvalue weighted by Gasteiger charge is 2.40. The van der Waals surface area contributed by atoms with Crippen molar-refractivity contribution in [2.24, 2.45) is 5.92 Å². The molecule has 0 bridgehead atoms. The zero-order chi connectivity index (χ0) is 14.8. The van der Waals surface area contributed by atoms with Gasteiger partial charge in [0.1, 0.15) is 11.4 Å². The Morgan fingerprint density at radius 3 is 2.70 bits per heavy atom. The average molecular weight is 277 g/mol. The van der Waals surface area contributed by atoms with Crippen LogP contribution in [0.1, 0.15) is 63.5 Å². The second kappa shape index (κ2) is 6.08. The van der Waals surface area contributed by atoms with E-state index in [1.165, 1.54) is 12.8 Å². The fourth-order valence-corrected chi connectivity index (χ4v) is 3.31. The molecule has 0 saturated heterocycles. The summed E-state index contributed by atoms with van der Waals surface area (Å²) >= 11 is 0. The highest BCUT2D eigenvalue weighted by atomic mass is 16.5. The minimum Gasteiger partial charge on any atom is -0.383 e. The number of aryl methyl sites for hydroxylation is 1. The molecule has 1 aromatic heterocycles. The maximum atomic E-state index is 6.14. The van der Waals surface area contributed by atoms with Gasteiger partial charge >= 0.3 is 0 Å². The number of nitrogens with two attached hydrogens (primary N) is 1. The van der Waals surface area contributed by atoms with Crippen LogP contribution in [0.25, 0.3) is 0 Å². The van der Waals surface area contributed by atoms with Gasteiger partial charge < -0.3 is 10.5 Å². The van der Waals surface area contributed by atoms with Gasteiger partial charge in [-0.05, 0) is 45.4 Å². The fraction of sp³-hybridized carbons (Fsp3) is 0.750. The average Bonchev–Trinajstić information content (AvgIpc) is 2.42. The highest BCUT2D eigenvalue weighted by Crippen LogP contribution is 2.42. The summed E-state index contributed by atoms with van der Waals surface area (Å²) < 4.78 is 6.14. The molecule has 0 radical (unpaired) electrons. The lowest BCUT2D eigenvalue weighted by Gasteiger charge is -2.38.